The second-order valence-electron chi connectivity index (χ2n) is 7.96. The van der Waals surface area contributed by atoms with Crippen LogP contribution in [0.1, 0.15) is 37.3 Å². The van der Waals surface area contributed by atoms with Crippen LogP contribution in [0.15, 0.2) is 48.8 Å². The third-order valence-electron chi connectivity index (χ3n) is 5.68. The van der Waals surface area contributed by atoms with E-state index >= 15 is 0 Å². The second kappa shape index (κ2) is 9.85. The molecule has 6 nitrogen and oxygen atoms in total. The van der Waals surface area contributed by atoms with Crippen molar-refractivity contribution in [1.82, 2.24) is 14.8 Å². The Labute approximate surface area is 172 Å². The average molecular weight is 398 g/mol. The van der Waals surface area contributed by atoms with Crippen molar-refractivity contribution >= 4 is 5.91 Å². The minimum Gasteiger partial charge on any atom is -0.508 e. The van der Waals surface area contributed by atoms with Gasteiger partial charge in [0.25, 0.3) is 0 Å². The molecule has 156 valence electrons. The predicted octanol–water partition coefficient (Wildman–Crippen LogP) is 2.60. The van der Waals surface area contributed by atoms with Gasteiger partial charge in [-0.1, -0.05) is 19.1 Å². The highest BCUT2D eigenvalue weighted by Crippen LogP contribution is 2.25. The predicted molar refractivity (Wildman–Crippen MR) is 112 cm³/mol. The minimum atomic E-state index is -0.781. The van der Waals surface area contributed by atoms with E-state index in [1.165, 1.54) is 5.56 Å². The summed E-state index contributed by atoms with van der Waals surface area (Å²) in [6.45, 7) is 5.59. The minimum absolute atomic E-state index is 0.0732. The van der Waals surface area contributed by atoms with E-state index in [4.69, 9.17) is 0 Å². The largest absolute Gasteiger partial charge is 0.508 e. The lowest BCUT2D eigenvalue weighted by atomic mass is 9.94. The molecular formula is C23H31N3O3. The molecule has 0 bridgehead atoms. The Morgan fingerprint density at radius 1 is 1.10 bits per heavy atom. The number of amides is 1. The van der Waals surface area contributed by atoms with Crippen LogP contribution in [-0.4, -0.2) is 62.7 Å². The SMILES string of the molecule is CCN(Cc1ccncc1)C[C@]1(O)CCCN(C(=O)Cc2ccc(O)cc2)CC1. The fraction of sp³-hybridized carbons (Fsp3) is 0.478. The van der Waals surface area contributed by atoms with E-state index < -0.39 is 5.60 Å². The van der Waals surface area contributed by atoms with Gasteiger partial charge in [0, 0.05) is 38.6 Å². The molecule has 0 unspecified atom stereocenters. The van der Waals surface area contributed by atoms with Crippen molar-refractivity contribution in [3.05, 3.63) is 59.9 Å². The summed E-state index contributed by atoms with van der Waals surface area (Å²) in [5, 5.41) is 20.6. The van der Waals surface area contributed by atoms with Crippen LogP contribution in [0, 0.1) is 0 Å². The fourth-order valence-corrected chi connectivity index (χ4v) is 3.93. The number of phenolic OH excluding ortho intramolecular Hbond substituents is 1. The number of aromatic hydroxyl groups is 1. The molecule has 6 heteroatoms. The van der Waals surface area contributed by atoms with Crippen LogP contribution >= 0.6 is 0 Å². The number of carbonyl (C=O) groups is 1. The van der Waals surface area contributed by atoms with Crippen molar-refractivity contribution in [3.8, 4) is 5.75 Å². The maximum atomic E-state index is 12.7. The van der Waals surface area contributed by atoms with E-state index in [0.717, 1.165) is 25.1 Å². The van der Waals surface area contributed by atoms with Gasteiger partial charge in [0.2, 0.25) is 5.91 Å². The normalized spacial score (nSPS) is 19.9. The Morgan fingerprint density at radius 2 is 1.83 bits per heavy atom. The highest BCUT2D eigenvalue weighted by molar-refractivity contribution is 5.78. The number of aromatic nitrogens is 1. The highest BCUT2D eigenvalue weighted by atomic mass is 16.3. The molecule has 1 saturated heterocycles. The van der Waals surface area contributed by atoms with Crippen LogP contribution < -0.4 is 0 Å². The maximum Gasteiger partial charge on any atom is 0.226 e. The fourth-order valence-electron chi connectivity index (χ4n) is 3.93. The van der Waals surface area contributed by atoms with Crippen molar-refractivity contribution in [2.75, 3.05) is 26.2 Å². The number of carbonyl (C=O) groups excluding carboxylic acids is 1. The molecule has 0 spiro atoms. The molecule has 1 aliphatic rings. The molecule has 0 radical (unpaired) electrons. The van der Waals surface area contributed by atoms with Gasteiger partial charge < -0.3 is 15.1 Å². The molecule has 1 aliphatic heterocycles. The lowest BCUT2D eigenvalue weighted by molar-refractivity contribution is -0.130. The van der Waals surface area contributed by atoms with E-state index in [1.807, 2.05) is 17.0 Å². The molecule has 3 rings (SSSR count). The van der Waals surface area contributed by atoms with E-state index in [2.05, 4.69) is 16.8 Å². The summed E-state index contributed by atoms with van der Waals surface area (Å²) in [5.74, 6) is 0.275. The molecule has 2 N–H and O–H groups in total. The van der Waals surface area contributed by atoms with Crippen molar-refractivity contribution < 1.29 is 15.0 Å². The van der Waals surface area contributed by atoms with Gasteiger partial charge in [-0.2, -0.15) is 0 Å². The molecule has 1 amide bonds. The Bertz CT molecular complexity index is 782. The Hall–Kier alpha value is -2.44. The van der Waals surface area contributed by atoms with Gasteiger partial charge in [-0.15, -0.1) is 0 Å². The first-order valence-electron chi connectivity index (χ1n) is 10.4. The van der Waals surface area contributed by atoms with Gasteiger partial charge in [-0.25, -0.2) is 0 Å². The van der Waals surface area contributed by atoms with Gasteiger partial charge in [0.15, 0.2) is 0 Å². The van der Waals surface area contributed by atoms with Gasteiger partial charge in [0.1, 0.15) is 5.75 Å². The number of likely N-dealkylation sites (tertiary alicyclic amines) is 1. The molecular weight excluding hydrogens is 366 g/mol. The topological polar surface area (TPSA) is 76.9 Å². The summed E-state index contributed by atoms with van der Waals surface area (Å²) in [6, 6.07) is 10.8. The summed E-state index contributed by atoms with van der Waals surface area (Å²) in [6.07, 6.45) is 5.98. The molecule has 2 heterocycles. The van der Waals surface area contributed by atoms with Crippen LogP contribution in [0.5, 0.6) is 5.75 Å². The second-order valence-corrected chi connectivity index (χ2v) is 7.96. The first-order valence-corrected chi connectivity index (χ1v) is 10.4. The van der Waals surface area contributed by atoms with Crippen molar-refractivity contribution in [1.29, 1.82) is 0 Å². The average Bonchev–Trinajstić information content (AvgIpc) is 2.92. The number of aliphatic hydroxyl groups is 1. The van der Waals surface area contributed by atoms with Gasteiger partial charge in [-0.05, 0) is 61.2 Å². The van der Waals surface area contributed by atoms with E-state index in [0.29, 0.717) is 38.9 Å². The standard InChI is InChI=1S/C23H31N3O3/c1-2-25(17-20-8-12-24-13-9-20)18-23(29)10-3-14-26(15-11-23)22(28)16-19-4-6-21(27)7-5-19/h4-9,12-13,27,29H,2-3,10-11,14-18H2,1H3/t23-/m0/s1. The van der Waals surface area contributed by atoms with Crippen LogP contribution in [0.25, 0.3) is 0 Å². The van der Waals surface area contributed by atoms with Crippen molar-refractivity contribution in [2.24, 2.45) is 0 Å². The molecule has 0 aliphatic carbocycles. The molecule has 2 aromatic rings. The molecule has 1 atom stereocenters. The Kier molecular flexibility index (Phi) is 7.23. The monoisotopic (exact) mass is 397 g/mol. The molecule has 29 heavy (non-hydrogen) atoms. The van der Waals surface area contributed by atoms with E-state index in [1.54, 1.807) is 36.7 Å². The summed E-state index contributed by atoms with van der Waals surface area (Å²) in [5.41, 5.74) is 1.29. The Morgan fingerprint density at radius 3 is 2.52 bits per heavy atom. The number of hydrogen-bond acceptors (Lipinski definition) is 5. The number of phenols is 1. The van der Waals surface area contributed by atoms with Crippen LogP contribution in [-0.2, 0) is 17.8 Å². The molecule has 1 aromatic carbocycles. The number of hydrogen-bond donors (Lipinski definition) is 2. The number of nitrogens with zero attached hydrogens (tertiary/aromatic N) is 3. The van der Waals surface area contributed by atoms with Crippen LogP contribution in [0.3, 0.4) is 0 Å². The van der Waals surface area contributed by atoms with Crippen LogP contribution in [0.2, 0.25) is 0 Å². The van der Waals surface area contributed by atoms with E-state index in [-0.39, 0.29) is 11.7 Å². The third-order valence-corrected chi connectivity index (χ3v) is 5.68. The zero-order chi connectivity index (χ0) is 20.7. The molecule has 1 aromatic heterocycles. The van der Waals surface area contributed by atoms with Crippen molar-refractivity contribution in [3.63, 3.8) is 0 Å². The van der Waals surface area contributed by atoms with E-state index in [9.17, 15) is 15.0 Å². The van der Waals surface area contributed by atoms with Crippen molar-refractivity contribution in [2.45, 2.75) is 44.8 Å². The number of likely N-dealkylation sites (N-methyl/N-ethyl adjacent to an activating group) is 1. The first kappa shape index (κ1) is 21.3. The number of rotatable bonds is 7. The first-order chi connectivity index (χ1) is 14.0. The van der Waals surface area contributed by atoms with Gasteiger partial charge in [-0.3, -0.25) is 14.7 Å². The molecule has 1 fully saturated rings. The lowest BCUT2D eigenvalue weighted by Crippen LogP contribution is -2.44. The summed E-state index contributed by atoms with van der Waals surface area (Å²) < 4.78 is 0. The summed E-state index contributed by atoms with van der Waals surface area (Å²) in [7, 11) is 0. The summed E-state index contributed by atoms with van der Waals surface area (Å²) >= 11 is 0. The van der Waals surface area contributed by atoms with Gasteiger partial charge >= 0.3 is 0 Å². The highest BCUT2D eigenvalue weighted by Gasteiger charge is 2.33. The number of benzene rings is 1. The van der Waals surface area contributed by atoms with Gasteiger partial charge in [0.05, 0.1) is 12.0 Å². The zero-order valence-electron chi connectivity index (χ0n) is 17.1. The maximum absolute atomic E-state index is 12.7. The smallest absolute Gasteiger partial charge is 0.226 e. The lowest BCUT2D eigenvalue weighted by Gasteiger charge is -2.33. The quantitative estimate of drug-likeness (QED) is 0.751. The zero-order valence-corrected chi connectivity index (χ0v) is 17.1. The Balaban J connectivity index is 1.55. The van der Waals surface area contributed by atoms with Crippen LogP contribution in [0.4, 0.5) is 0 Å². The molecule has 0 saturated carbocycles. The third kappa shape index (κ3) is 6.27. The summed E-state index contributed by atoms with van der Waals surface area (Å²) in [4.78, 5) is 20.9. The number of pyridine rings is 1.